The minimum absolute atomic E-state index is 0. The molecule has 2 aromatic rings. The van der Waals surface area contributed by atoms with Gasteiger partial charge < -0.3 is 27.7 Å². The van der Waals surface area contributed by atoms with Gasteiger partial charge in [0, 0.05) is 5.69 Å². The standard InChI is InChI=1S/C8H10N6.ClH.H2O/c9-4-1-2-5-6(3-4)13-8(12-5)14-7(10)11;;/h1-3H,9H2,(H5,10,11,12,13,14);1H;1H2. The summed E-state index contributed by atoms with van der Waals surface area (Å²) in [6.07, 6.45) is 0. The smallest absolute Gasteiger partial charge is 0.231 e. The third-order valence-electron chi connectivity index (χ3n) is 1.73. The second-order valence-electron chi connectivity index (χ2n) is 2.87. The lowest BCUT2D eigenvalue weighted by molar-refractivity contribution is 0.824. The zero-order valence-corrected chi connectivity index (χ0v) is 9.08. The highest BCUT2D eigenvalue weighted by Crippen LogP contribution is 2.18. The minimum Gasteiger partial charge on any atom is -0.412 e. The molecule has 9 N–H and O–H groups in total. The monoisotopic (exact) mass is 244 g/mol. The maximum absolute atomic E-state index is 5.60. The first-order valence-electron chi connectivity index (χ1n) is 4.00. The van der Waals surface area contributed by atoms with Gasteiger partial charge in [0.05, 0.1) is 11.0 Å². The average molecular weight is 245 g/mol. The predicted octanol–water partition coefficient (Wildman–Crippen LogP) is -0.353. The van der Waals surface area contributed by atoms with Crippen LogP contribution in [0.15, 0.2) is 23.2 Å². The van der Waals surface area contributed by atoms with E-state index in [1.807, 2.05) is 0 Å². The summed E-state index contributed by atoms with van der Waals surface area (Å²) in [6, 6.07) is 5.34. The highest BCUT2D eigenvalue weighted by Gasteiger charge is 2.01. The van der Waals surface area contributed by atoms with E-state index in [1.165, 1.54) is 0 Å². The number of aromatic nitrogens is 2. The number of H-pyrrole nitrogens is 1. The first-order valence-corrected chi connectivity index (χ1v) is 4.00. The normalized spacial score (nSPS) is 9.00. The van der Waals surface area contributed by atoms with Crippen molar-refractivity contribution >= 4 is 41.0 Å². The summed E-state index contributed by atoms with van der Waals surface area (Å²) < 4.78 is 0. The number of fused-ring (bicyclic) bond motifs is 1. The van der Waals surface area contributed by atoms with Crippen molar-refractivity contribution in [3.05, 3.63) is 18.2 Å². The zero-order chi connectivity index (χ0) is 10.1. The van der Waals surface area contributed by atoms with Gasteiger partial charge in [-0.05, 0) is 18.2 Å². The summed E-state index contributed by atoms with van der Waals surface area (Å²) >= 11 is 0. The van der Waals surface area contributed by atoms with Crippen molar-refractivity contribution in [2.24, 2.45) is 16.5 Å². The van der Waals surface area contributed by atoms with Crippen LogP contribution in [0, 0.1) is 0 Å². The number of aromatic amines is 1. The summed E-state index contributed by atoms with van der Waals surface area (Å²) in [7, 11) is 0. The van der Waals surface area contributed by atoms with Crippen molar-refractivity contribution in [2.75, 3.05) is 5.73 Å². The van der Waals surface area contributed by atoms with Crippen molar-refractivity contribution in [2.45, 2.75) is 0 Å². The number of halogens is 1. The van der Waals surface area contributed by atoms with Gasteiger partial charge in [-0.2, -0.15) is 4.99 Å². The molecule has 2 rings (SSSR count). The second kappa shape index (κ2) is 5.19. The third-order valence-corrected chi connectivity index (χ3v) is 1.73. The number of nitrogen functional groups attached to an aromatic ring is 1. The number of anilines is 1. The fourth-order valence-electron chi connectivity index (χ4n) is 1.19. The second-order valence-corrected chi connectivity index (χ2v) is 2.87. The van der Waals surface area contributed by atoms with Crippen LogP contribution in [0.4, 0.5) is 11.6 Å². The molecule has 1 aromatic carbocycles. The van der Waals surface area contributed by atoms with E-state index in [0.29, 0.717) is 11.6 Å². The van der Waals surface area contributed by atoms with Crippen LogP contribution < -0.4 is 17.2 Å². The quantitative estimate of drug-likeness (QED) is 0.308. The lowest BCUT2D eigenvalue weighted by Crippen LogP contribution is -2.22. The van der Waals surface area contributed by atoms with Gasteiger partial charge in [0.25, 0.3) is 0 Å². The molecule has 0 atom stereocenters. The molecule has 1 heterocycles. The first-order chi connectivity index (χ1) is 6.65. The largest absolute Gasteiger partial charge is 0.412 e. The van der Waals surface area contributed by atoms with E-state index in [0.717, 1.165) is 11.0 Å². The van der Waals surface area contributed by atoms with Crippen LogP contribution >= 0.6 is 12.4 Å². The number of imidazole rings is 1. The summed E-state index contributed by atoms with van der Waals surface area (Å²) in [5.74, 6) is 0.350. The average Bonchev–Trinajstić information content (AvgIpc) is 2.44. The Morgan fingerprint density at radius 3 is 2.62 bits per heavy atom. The van der Waals surface area contributed by atoms with Gasteiger partial charge in [0.2, 0.25) is 5.95 Å². The van der Waals surface area contributed by atoms with Crippen molar-refractivity contribution in [1.29, 1.82) is 0 Å². The Balaban J connectivity index is 0.00000112. The molecule has 0 fully saturated rings. The number of guanidine groups is 1. The minimum atomic E-state index is -0.0305. The number of nitrogens with one attached hydrogen (secondary N) is 1. The molecule has 0 aliphatic heterocycles. The molecule has 0 amide bonds. The van der Waals surface area contributed by atoms with Crippen LogP contribution in [0.25, 0.3) is 11.0 Å². The molecule has 16 heavy (non-hydrogen) atoms. The van der Waals surface area contributed by atoms with Crippen LogP contribution in [0.2, 0.25) is 0 Å². The highest BCUT2D eigenvalue weighted by molar-refractivity contribution is 5.85. The molecule has 7 nitrogen and oxygen atoms in total. The Bertz CT molecular complexity index is 504. The van der Waals surface area contributed by atoms with Gasteiger partial charge in [0.15, 0.2) is 5.96 Å². The van der Waals surface area contributed by atoms with Crippen molar-refractivity contribution in [3.8, 4) is 0 Å². The molecule has 88 valence electrons. The van der Waals surface area contributed by atoms with Crippen LogP contribution in [-0.4, -0.2) is 21.4 Å². The molecule has 0 aliphatic rings. The Morgan fingerprint density at radius 2 is 2.00 bits per heavy atom. The molecular formula is C8H13ClN6O. The van der Waals surface area contributed by atoms with E-state index in [-0.39, 0.29) is 23.8 Å². The molecule has 0 spiro atoms. The SMILES string of the molecule is Cl.NC(N)=Nc1nc2ccc(N)cc2[nH]1.O. The lowest BCUT2D eigenvalue weighted by Gasteiger charge is -1.89. The van der Waals surface area contributed by atoms with E-state index in [2.05, 4.69) is 15.0 Å². The molecule has 0 aliphatic carbocycles. The topological polar surface area (TPSA) is 151 Å². The summed E-state index contributed by atoms with van der Waals surface area (Å²) in [6.45, 7) is 0. The molecule has 0 saturated carbocycles. The van der Waals surface area contributed by atoms with E-state index in [1.54, 1.807) is 18.2 Å². The van der Waals surface area contributed by atoms with Gasteiger partial charge in [-0.15, -0.1) is 12.4 Å². The predicted molar refractivity (Wildman–Crippen MR) is 66.8 cm³/mol. The number of aliphatic imine (C=N–C) groups is 1. The molecule has 0 radical (unpaired) electrons. The number of hydrogen-bond donors (Lipinski definition) is 4. The number of nitrogens with zero attached hydrogens (tertiary/aromatic N) is 2. The maximum atomic E-state index is 5.60. The molecule has 8 heteroatoms. The summed E-state index contributed by atoms with van der Waals surface area (Å²) in [5.41, 5.74) is 18.3. The fourth-order valence-corrected chi connectivity index (χ4v) is 1.19. The Morgan fingerprint density at radius 1 is 1.31 bits per heavy atom. The highest BCUT2D eigenvalue weighted by atomic mass is 35.5. The molecule has 1 aromatic heterocycles. The van der Waals surface area contributed by atoms with Crippen LogP contribution in [0.1, 0.15) is 0 Å². The Kier molecular flexibility index (Phi) is 4.55. The molecule has 0 unspecified atom stereocenters. The number of hydrogen-bond acceptors (Lipinski definition) is 3. The summed E-state index contributed by atoms with van der Waals surface area (Å²) in [5, 5.41) is 0. The maximum Gasteiger partial charge on any atom is 0.231 e. The van der Waals surface area contributed by atoms with Gasteiger partial charge in [-0.1, -0.05) is 0 Å². The first kappa shape index (κ1) is 14.0. The number of nitrogens with two attached hydrogens (primary N) is 3. The van der Waals surface area contributed by atoms with Crippen LogP contribution in [-0.2, 0) is 0 Å². The lowest BCUT2D eigenvalue weighted by atomic mass is 10.3. The van der Waals surface area contributed by atoms with E-state index in [9.17, 15) is 0 Å². The van der Waals surface area contributed by atoms with Crippen molar-refractivity contribution in [3.63, 3.8) is 0 Å². The van der Waals surface area contributed by atoms with E-state index in [4.69, 9.17) is 17.2 Å². The van der Waals surface area contributed by atoms with Gasteiger partial charge in [0.1, 0.15) is 0 Å². The van der Waals surface area contributed by atoms with Crippen LogP contribution in [0.3, 0.4) is 0 Å². The van der Waals surface area contributed by atoms with Crippen molar-refractivity contribution < 1.29 is 5.48 Å². The molecule has 0 bridgehead atoms. The van der Waals surface area contributed by atoms with Gasteiger partial charge in [-0.3, -0.25) is 0 Å². The zero-order valence-electron chi connectivity index (χ0n) is 8.27. The molecule has 0 saturated heterocycles. The molecular weight excluding hydrogens is 232 g/mol. The van der Waals surface area contributed by atoms with Crippen LogP contribution in [0.5, 0.6) is 0 Å². The van der Waals surface area contributed by atoms with Gasteiger partial charge >= 0.3 is 0 Å². The third kappa shape index (κ3) is 2.75. The van der Waals surface area contributed by atoms with E-state index < -0.39 is 0 Å². The number of rotatable bonds is 1. The van der Waals surface area contributed by atoms with Crippen molar-refractivity contribution in [1.82, 2.24) is 9.97 Å². The Labute approximate surface area is 97.5 Å². The summed E-state index contributed by atoms with van der Waals surface area (Å²) in [4.78, 5) is 10.9. The van der Waals surface area contributed by atoms with E-state index >= 15 is 0 Å². The van der Waals surface area contributed by atoms with Gasteiger partial charge in [-0.25, -0.2) is 4.98 Å². The number of benzene rings is 1. The fraction of sp³-hybridized carbons (Fsp3) is 0. The Hall–Kier alpha value is -1.99.